The Labute approximate surface area is 180 Å². The standard InChI is InChI=1S/C22H27FN6O2/c1-12(2)7-13(10-24)28-17-9-14(31-3)8-16-19(17)20(23)18(11-27-16)29-22-15(21(25)30)5-4-6-26-22/h4-6,8-9,11-13,28H,7,10,24H2,1-3H3,(H2,25,30)(H,26,29)/t13-/m1/s1. The van der Waals surface area contributed by atoms with Gasteiger partial charge in [0, 0.05) is 30.9 Å². The van der Waals surface area contributed by atoms with Gasteiger partial charge in [-0.1, -0.05) is 13.8 Å². The third-order valence-corrected chi connectivity index (χ3v) is 4.84. The van der Waals surface area contributed by atoms with Crippen molar-refractivity contribution in [3.05, 3.63) is 48.0 Å². The quantitative estimate of drug-likeness (QED) is 0.413. The largest absolute Gasteiger partial charge is 0.497 e. The Kier molecular flexibility index (Phi) is 6.86. The van der Waals surface area contributed by atoms with Crippen LogP contribution in [0.3, 0.4) is 0 Å². The normalized spacial score (nSPS) is 12.1. The summed E-state index contributed by atoms with van der Waals surface area (Å²) in [5.41, 5.74) is 12.5. The Morgan fingerprint density at radius 3 is 2.68 bits per heavy atom. The van der Waals surface area contributed by atoms with Crippen molar-refractivity contribution in [2.45, 2.75) is 26.3 Å². The van der Waals surface area contributed by atoms with Gasteiger partial charge in [0.2, 0.25) is 0 Å². The average molecular weight is 426 g/mol. The molecular weight excluding hydrogens is 399 g/mol. The highest BCUT2D eigenvalue weighted by atomic mass is 19.1. The molecule has 1 amide bonds. The second-order valence-electron chi connectivity index (χ2n) is 7.65. The smallest absolute Gasteiger partial charge is 0.252 e. The van der Waals surface area contributed by atoms with Gasteiger partial charge in [0.15, 0.2) is 5.82 Å². The molecule has 1 aromatic carbocycles. The molecule has 8 nitrogen and oxygen atoms in total. The number of carbonyl (C=O) groups excluding carboxylic acids is 1. The summed E-state index contributed by atoms with van der Waals surface area (Å²) in [6, 6.07) is 6.41. The first-order valence-electron chi connectivity index (χ1n) is 9.98. The molecule has 3 aromatic rings. The molecule has 9 heteroatoms. The first kappa shape index (κ1) is 22.2. The molecule has 0 radical (unpaired) electrons. The molecule has 164 valence electrons. The van der Waals surface area contributed by atoms with Crippen LogP contribution < -0.4 is 26.8 Å². The molecule has 3 rings (SSSR count). The van der Waals surface area contributed by atoms with E-state index >= 15 is 4.39 Å². The van der Waals surface area contributed by atoms with Gasteiger partial charge in [-0.25, -0.2) is 9.37 Å². The van der Waals surface area contributed by atoms with E-state index in [4.69, 9.17) is 16.2 Å². The van der Waals surface area contributed by atoms with Gasteiger partial charge >= 0.3 is 0 Å². The number of anilines is 3. The summed E-state index contributed by atoms with van der Waals surface area (Å²) >= 11 is 0. The molecule has 0 unspecified atom stereocenters. The SMILES string of the molecule is COc1cc(N[C@@H](CN)CC(C)C)c2c(F)c(Nc3ncccc3C(N)=O)cnc2c1. The van der Waals surface area contributed by atoms with Gasteiger partial charge < -0.3 is 26.8 Å². The maximum Gasteiger partial charge on any atom is 0.252 e. The second kappa shape index (κ2) is 9.57. The zero-order valence-electron chi connectivity index (χ0n) is 17.8. The minimum absolute atomic E-state index is 0.0522. The van der Waals surface area contributed by atoms with Gasteiger partial charge in [0.1, 0.15) is 11.6 Å². The van der Waals surface area contributed by atoms with Crippen molar-refractivity contribution in [1.29, 1.82) is 0 Å². The first-order valence-corrected chi connectivity index (χ1v) is 9.98. The fourth-order valence-electron chi connectivity index (χ4n) is 3.41. The zero-order chi connectivity index (χ0) is 22.5. The number of carbonyl (C=O) groups is 1. The molecule has 0 bridgehead atoms. The molecule has 0 saturated carbocycles. The number of benzene rings is 1. The number of nitrogens with one attached hydrogen (secondary N) is 2. The maximum absolute atomic E-state index is 15.6. The number of methoxy groups -OCH3 is 1. The number of hydrogen-bond donors (Lipinski definition) is 4. The number of fused-ring (bicyclic) bond motifs is 1. The van der Waals surface area contributed by atoms with E-state index in [1.807, 2.05) is 0 Å². The topological polar surface area (TPSA) is 128 Å². The molecule has 0 spiro atoms. The van der Waals surface area contributed by atoms with Crippen LogP contribution >= 0.6 is 0 Å². The van der Waals surface area contributed by atoms with E-state index in [1.54, 1.807) is 18.2 Å². The molecule has 2 aromatic heterocycles. The summed E-state index contributed by atoms with van der Waals surface area (Å²) < 4.78 is 21.0. The van der Waals surface area contributed by atoms with E-state index in [0.717, 1.165) is 6.42 Å². The Bertz CT molecular complexity index is 1090. The third-order valence-electron chi connectivity index (χ3n) is 4.84. The predicted molar refractivity (Wildman–Crippen MR) is 120 cm³/mol. The molecule has 0 aliphatic rings. The summed E-state index contributed by atoms with van der Waals surface area (Å²) in [4.78, 5) is 20.2. The molecular formula is C22H27FN6O2. The van der Waals surface area contributed by atoms with Crippen LogP contribution in [-0.4, -0.2) is 35.6 Å². The van der Waals surface area contributed by atoms with E-state index in [1.165, 1.54) is 25.6 Å². The molecule has 0 saturated heterocycles. The first-order chi connectivity index (χ1) is 14.8. The highest BCUT2D eigenvalue weighted by Crippen LogP contribution is 2.35. The van der Waals surface area contributed by atoms with E-state index in [0.29, 0.717) is 29.4 Å². The minimum atomic E-state index is -0.670. The molecule has 0 aliphatic heterocycles. The summed E-state index contributed by atoms with van der Waals surface area (Å²) in [6.07, 6.45) is 3.64. The minimum Gasteiger partial charge on any atom is -0.497 e. The summed E-state index contributed by atoms with van der Waals surface area (Å²) in [7, 11) is 1.54. The number of aromatic nitrogens is 2. The predicted octanol–water partition coefficient (Wildman–Crippen LogP) is 3.41. The number of rotatable bonds is 9. The fraction of sp³-hybridized carbons (Fsp3) is 0.318. The van der Waals surface area contributed by atoms with Crippen LogP contribution in [0.1, 0.15) is 30.6 Å². The van der Waals surface area contributed by atoms with Gasteiger partial charge in [-0.3, -0.25) is 9.78 Å². The van der Waals surface area contributed by atoms with Crippen LogP contribution in [0.2, 0.25) is 0 Å². The number of nitrogens with zero attached hydrogens (tertiary/aromatic N) is 2. The summed E-state index contributed by atoms with van der Waals surface area (Å²) in [5.74, 6) is -0.108. The van der Waals surface area contributed by atoms with Crippen molar-refractivity contribution in [1.82, 2.24) is 9.97 Å². The van der Waals surface area contributed by atoms with Gasteiger partial charge in [-0.05, 0) is 24.5 Å². The molecule has 2 heterocycles. The van der Waals surface area contributed by atoms with Crippen LogP contribution in [0.5, 0.6) is 5.75 Å². The van der Waals surface area contributed by atoms with Crippen LogP contribution in [0.4, 0.5) is 21.6 Å². The second-order valence-corrected chi connectivity index (χ2v) is 7.65. The fourth-order valence-corrected chi connectivity index (χ4v) is 3.41. The van der Waals surface area contributed by atoms with Crippen molar-refractivity contribution < 1.29 is 13.9 Å². The van der Waals surface area contributed by atoms with Crippen molar-refractivity contribution in [3.8, 4) is 5.75 Å². The zero-order valence-corrected chi connectivity index (χ0v) is 17.8. The lowest BCUT2D eigenvalue weighted by Gasteiger charge is -2.22. The number of nitrogens with two attached hydrogens (primary N) is 2. The monoisotopic (exact) mass is 426 g/mol. The lowest BCUT2D eigenvalue weighted by molar-refractivity contribution is 0.100. The van der Waals surface area contributed by atoms with Crippen LogP contribution in [-0.2, 0) is 0 Å². The Morgan fingerprint density at radius 1 is 1.26 bits per heavy atom. The maximum atomic E-state index is 15.6. The van der Waals surface area contributed by atoms with Gasteiger partial charge in [0.25, 0.3) is 5.91 Å². The number of hydrogen-bond acceptors (Lipinski definition) is 7. The van der Waals surface area contributed by atoms with Gasteiger partial charge in [0.05, 0.1) is 41.1 Å². The van der Waals surface area contributed by atoms with E-state index in [2.05, 4.69) is 34.4 Å². The molecule has 0 aliphatic carbocycles. The van der Waals surface area contributed by atoms with Crippen molar-refractivity contribution in [2.75, 3.05) is 24.3 Å². The molecule has 6 N–H and O–H groups in total. The highest BCUT2D eigenvalue weighted by Gasteiger charge is 2.19. The molecule has 1 atom stereocenters. The van der Waals surface area contributed by atoms with Crippen molar-refractivity contribution in [3.63, 3.8) is 0 Å². The number of ether oxygens (including phenoxy) is 1. The van der Waals surface area contributed by atoms with Crippen LogP contribution in [0, 0.1) is 11.7 Å². The van der Waals surface area contributed by atoms with Crippen LogP contribution in [0.15, 0.2) is 36.7 Å². The average Bonchev–Trinajstić information content (AvgIpc) is 2.74. The number of primary amides is 1. The van der Waals surface area contributed by atoms with E-state index in [9.17, 15) is 4.79 Å². The molecule has 31 heavy (non-hydrogen) atoms. The van der Waals surface area contributed by atoms with E-state index in [-0.39, 0.29) is 28.5 Å². The van der Waals surface area contributed by atoms with Gasteiger partial charge in [-0.2, -0.15) is 0 Å². The Balaban J connectivity index is 2.09. The summed E-state index contributed by atoms with van der Waals surface area (Å²) in [6.45, 7) is 4.59. The molecule has 0 fully saturated rings. The van der Waals surface area contributed by atoms with Gasteiger partial charge in [-0.15, -0.1) is 0 Å². The van der Waals surface area contributed by atoms with Crippen molar-refractivity contribution >= 4 is 34.0 Å². The van der Waals surface area contributed by atoms with Crippen LogP contribution in [0.25, 0.3) is 10.9 Å². The van der Waals surface area contributed by atoms with Crippen molar-refractivity contribution in [2.24, 2.45) is 17.4 Å². The number of halogens is 1. The number of pyridine rings is 2. The summed E-state index contributed by atoms with van der Waals surface area (Å²) in [5, 5.41) is 6.46. The highest BCUT2D eigenvalue weighted by molar-refractivity contribution is 5.99. The van der Waals surface area contributed by atoms with E-state index < -0.39 is 11.7 Å². The Hall–Kier alpha value is -3.46. The lowest BCUT2D eigenvalue weighted by atomic mass is 10.0. The lowest BCUT2D eigenvalue weighted by Crippen LogP contribution is -2.30. The Morgan fingerprint density at radius 2 is 2.03 bits per heavy atom. The third kappa shape index (κ3) is 5.00. The number of amides is 1.